The van der Waals surface area contributed by atoms with E-state index in [1.807, 2.05) is 0 Å². The summed E-state index contributed by atoms with van der Waals surface area (Å²) in [5, 5.41) is 35.0. The van der Waals surface area contributed by atoms with E-state index in [-0.39, 0.29) is 5.82 Å². The lowest BCUT2D eigenvalue weighted by atomic mass is 10.2. The first-order valence-corrected chi connectivity index (χ1v) is 10.4. The Kier molecular flexibility index (Phi) is 7.89. The Bertz CT molecular complexity index is 1010. The van der Waals surface area contributed by atoms with Crippen LogP contribution < -0.4 is 5.73 Å². The smallest absolute Gasteiger partial charge is 0.377 e. The first-order valence-electron chi connectivity index (χ1n) is 8.64. The Morgan fingerprint density at radius 1 is 1.32 bits per heavy atom. The van der Waals surface area contributed by atoms with E-state index in [1.165, 1.54) is 12.7 Å². The van der Waals surface area contributed by atoms with Crippen molar-refractivity contribution in [1.82, 2.24) is 19.5 Å². The molecule has 2 aromatic rings. The predicted octanol–water partition coefficient (Wildman–Crippen LogP) is -1.46. The Morgan fingerprint density at radius 3 is 2.55 bits per heavy atom. The molecule has 0 bridgehead atoms. The van der Waals surface area contributed by atoms with E-state index < -0.39 is 56.4 Å². The van der Waals surface area contributed by atoms with Gasteiger partial charge in [0.2, 0.25) is 5.76 Å². The first-order chi connectivity index (χ1) is 14.4. The van der Waals surface area contributed by atoms with E-state index in [4.69, 9.17) is 40.7 Å². The van der Waals surface area contributed by atoms with Gasteiger partial charge in [0.1, 0.15) is 24.3 Å². The van der Waals surface area contributed by atoms with Crippen molar-refractivity contribution in [2.45, 2.75) is 31.8 Å². The number of cyclic esters (lactones) is 1. The number of hydrogen-bond donors (Lipinski definition) is 7. The molecule has 0 saturated heterocycles. The van der Waals surface area contributed by atoms with E-state index in [9.17, 15) is 9.36 Å². The second-order valence-corrected chi connectivity index (χ2v) is 8.00. The van der Waals surface area contributed by atoms with Gasteiger partial charge in [0.25, 0.3) is 0 Å². The minimum absolute atomic E-state index is 0.285. The van der Waals surface area contributed by atoms with Crippen LogP contribution in [-0.2, 0) is 25.4 Å². The number of aliphatic hydroxyl groups is 4. The summed E-state index contributed by atoms with van der Waals surface area (Å²) in [4.78, 5) is 40.0. The number of nitrogens with zero attached hydrogens (tertiary/aromatic N) is 4. The van der Waals surface area contributed by atoms with E-state index >= 15 is 0 Å². The van der Waals surface area contributed by atoms with Gasteiger partial charge in [-0.1, -0.05) is 0 Å². The molecule has 0 aromatic carbocycles. The topological polar surface area (TPSA) is 244 Å². The van der Waals surface area contributed by atoms with Gasteiger partial charge in [-0.25, -0.2) is 19.7 Å². The molecular weight excluding hydrogens is 441 g/mol. The number of carbonyl (C=O) groups excluding carboxylic acids is 1. The highest BCUT2D eigenvalue weighted by Gasteiger charge is 2.38. The standard InChI is InChI=1S/C9H14N5O4P.C6H8O6/c1-6(18-5-19(15,16)17)2-14-4-13-7-8(10)11-3-12-9(7)14;7-1-2(8)5-3(9)4(10)6(11)12-5/h3-4,6H,2,5H2,1H3,(H2,10,11,12)(H2,15,16,17);2,5,7-10H,1H2/t6-;2-,5+/m00/s1. The van der Waals surface area contributed by atoms with Crippen LogP contribution in [0.2, 0.25) is 0 Å². The Labute approximate surface area is 174 Å². The fraction of sp³-hybridized carbons (Fsp3) is 0.467. The molecule has 0 fully saturated rings. The second kappa shape index (κ2) is 10.00. The number of nitrogen functional groups attached to an aromatic ring is 1. The van der Waals surface area contributed by atoms with Crippen molar-refractivity contribution < 1.29 is 49.0 Å². The number of hydrogen-bond acceptors (Lipinski definition) is 12. The number of fused-ring (bicyclic) bond motifs is 1. The molecule has 0 saturated carbocycles. The third-order valence-electron chi connectivity index (χ3n) is 3.89. The monoisotopic (exact) mass is 463 g/mol. The summed E-state index contributed by atoms with van der Waals surface area (Å²) in [7, 11) is -4.16. The second-order valence-electron chi connectivity index (χ2n) is 6.41. The number of imidazole rings is 1. The summed E-state index contributed by atoms with van der Waals surface area (Å²) >= 11 is 0. The maximum Gasteiger partial charge on any atom is 0.377 e. The molecule has 3 rings (SSSR count). The Balaban J connectivity index is 0.000000245. The number of anilines is 1. The van der Waals surface area contributed by atoms with Gasteiger partial charge < -0.3 is 50.0 Å². The summed E-state index contributed by atoms with van der Waals surface area (Å²) in [5.74, 6) is -2.49. The molecule has 0 unspecified atom stereocenters. The number of rotatable bonds is 7. The molecule has 1 aliphatic rings. The number of nitrogens with two attached hydrogens (primary N) is 1. The van der Waals surface area contributed by atoms with Crippen LogP contribution in [0.4, 0.5) is 5.82 Å². The third-order valence-corrected chi connectivity index (χ3v) is 4.37. The molecule has 16 heteroatoms. The lowest BCUT2D eigenvalue weighted by Crippen LogP contribution is -2.31. The highest BCUT2D eigenvalue weighted by molar-refractivity contribution is 7.51. The number of aromatic nitrogens is 4. The van der Waals surface area contributed by atoms with Crippen LogP contribution in [0, 0.1) is 0 Å². The fourth-order valence-electron chi connectivity index (χ4n) is 2.41. The van der Waals surface area contributed by atoms with Crippen LogP contribution in [0.5, 0.6) is 0 Å². The highest BCUT2D eigenvalue weighted by atomic mass is 31.2. The summed E-state index contributed by atoms with van der Waals surface area (Å²) < 4.78 is 21.8. The first kappa shape index (κ1) is 24.5. The van der Waals surface area contributed by atoms with Crippen molar-refractivity contribution in [2.24, 2.45) is 0 Å². The van der Waals surface area contributed by atoms with Crippen LogP contribution in [0.1, 0.15) is 6.92 Å². The van der Waals surface area contributed by atoms with Gasteiger partial charge in [-0.15, -0.1) is 0 Å². The van der Waals surface area contributed by atoms with Gasteiger partial charge in [-0.2, -0.15) is 0 Å². The Hall–Kier alpha value is -2.81. The maximum atomic E-state index is 10.7. The largest absolute Gasteiger partial charge is 0.505 e. The molecular formula is C15H22N5O10P. The predicted molar refractivity (Wildman–Crippen MR) is 102 cm³/mol. The summed E-state index contributed by atoms with van der Waals surface area (Å²) in [6, 6.07) is 0. The molecule has 31 heavy (non-hydrogen) atoms. The van der Waals surface area contributed by atoms with Crippen molar-refractivity contribution in [3.8, 4) is 0 Å². The average molecular weight is 463 g/mol. The van der Waals surface area contributed by atoms with Gasteiger partial charge in [0, 0.05) is 0 Å². The van der Waals surface area contributed by atoms with Crippen molar-refractivity contribution in [3.05, 3.63) is 24.2 Å². The van der Waals surface area contributed by atoms with Gasteiger partial charge in [-0.05, 0) is 6.92 Å². The van der Waals surface area contributed by atoms with E-state index in [0.29, 0.717) is 17.7 Å². The van der Waals surface area contributed by atoms with Crippen molar-refractivity contribution in [1.29, 1.82) is 0 Å². The van der Waals surface area contributed by atoms with Gasteiger partial charge in [0.05, 0.1) is 25.6 Å². The molecule has 8 N–H and O–H groups in total. The molecule has 172 valence electrons. The van der Waals surface area contributed by atoms with Crippen molar-refractivity contribution in [2.75, 3.05) is 18.7 Å². The molecule has 0 spiro atoms. The molecule has 0 amide bonds. The Morgan fingerprint density at radius 2 is 2.00 bits per heavy atom. The van der Waals surface area contributed by atoms with Gasteiger partial charge >= 0.3 is 13.6 Å². The lowest BCUT2D eigenvalue weighted by molar-refractivity contribution is -0.147. The number of esters is 1. The molecule has 3 heterocycles. The summed E-state index contributed by atoms with van der Waals surface area (Å²) in [6.07, 6.45) is -0.926. The third kappa shape index (κ3) is 6.33. The minimum atomic E-state index is -4.16. The van der Waals surface area contributed by atoms with Crippen LogP contribution in [0.25, 0.3) is 11.2 Å². The molecule has 1 aliphatic heterocycles. The van der Waals surface area contributed by atoms with E-state index in [0.717, 1.165) is 0 Å². The van der Waals surface area contributed by atoms with Crippen LogP contribution in [0.15, 0.2) is 24.2 Å². The molecule has 3 atom stereocenters. The minimum Gasteiger partial charge on any atom is -0.505 e. The maximum absolute atomic E-state index is 10.7. The molecule has 15 nitrogen and oxygen atoms in total. The van der Waals surface area contributed by atoms with Crippen LogP contribution >= 0.6 is 7.60 Å². The zero-order chi connectivity index (χ0) is 23.3. The number of aliphatic hydroxyl groups excluding tert-OH is 4. The van der Waals surface area contributed by atoms with Crippen LogP contribution in [-0.4, -0.2) is 87.0 Å². The summed E-state index contributed by atoms with van der Waals surface area (Å²) in [5.41, 5.74) is 6.70. The lowest BCUT2D eigenvalue weighted by Gasteiger charge is -2.14. The van der Waals surface area contributed by atoms with Gasteiger partial charge in [0.15, 0.2) is 23.3 Å². The fourth-order valence-corrected chi connectivity index (χ4v) is 2.86. The van der Waals surface area contributed by atoms with E-state index in [1.54, 1.807) is 11.5 Å². The highest BCUT2D eigenvalue weighted by Crippen LogP contribution is 2.34. The van der Waals surface area contributed by atoms with Crippen molar-refractivity contribution in [3.63, 3.8) is 0 Å². The quantitative estimate of drug-likeness (QED) is 0.183. The van der Waals surface area contributed by atoms with E-state index in [2.05, 4.69) is 19.7 Å². The number of carbonyl (C=O) groups is 1. The van der Waals surface area contributed by atoms with Gasteiger partial charge in [-0.3, -0.25) is 4.57 Å². The zero-order valence-electron chi connectivity index (χ0n) is 16.1. The SMILES string of the molecule is C[C@@H](Cn1cnc2c(N)ncnc21)OCP(=O)(O)O.O=C1O[C@H]([C@@H](O)CO)C(O)=C1O. The molecule has 0 aliphatic carbocycles. The normalized spacial score (nSPS) is 18.5. The molecule has 0 radical (unpaired) electrons. The average Bonchev–Trinajstić information content (AvgIpc) is 3.23. The summed E-state index contributed by atoms with van der Waals surface area (Å²) in [6.45, 7) is 1.38. The van der Waals surface area contributed by atoms with Crippen molar-refractivity contribution >= 4 is 30.5 Å². The van der Waals surface area contributed by atoms with Crippen LogP contribution in [0.3, 0.4) is 0 Å². The molecule has 2 aromatic heterocycles. The number of ether oxygens (including phenoxy) is 2. The zero-order valence-corrected chi connectivity index (χ0v) is 17.0.